The zero-order valence-corrected chi connectivity index (χ0v) is 8.51. The van der Waals surface area contributed by atoms with E-state index in [1.165, 1.54) is 0 Å². The first-order valence-electron chi connectivity index (χ1n) is 4.87. The van der Waals surface area contributed by atoms with Crippen LogP contribution in [0.1, 0.15) is 12.6 Å². The third-order valence-corrected chi connectivity index (χ3v) is 2.16. The van der Waals surface area contributed by atoms with Crippen molar-refractivity contribution in [1.82, 2.24) is 9.38 Å². The first kappa shape index (κ1) is 9.71. The molecule has 4 nitrogen and oxygen atoms in total. The van der Waals surface area contributed by atoms with Gasteiger partial charge < -0.3 is 9.14 Å². The van der Waals surface area contributed by atoms with Crippen molar-refractivity contribution in [1.29, 1.82) is 0 Å². The van der Waals surface area contributed by atoms with Crippen LogP contribution in [0.5, 0.6) is 0 Å². The van der Waals surface area contributed by atoms with Crippen molar-refractivity contribution in [2.45, 2.75) is 13.3 Å². The number of fused-ring (bicyclic) bond motifs is 1. The fourth-order valence-electron chi connectivity index (χ4n) is 1.51. The Balaban J connectivity index is 2.27. The Morgan fingerprint density at radius 1 is 1.53 bits per heavy atom. The van der Waals surface area contributed by atoms with Crippen molar-refractivity contribution in [3.63, 3.8) is 0 Å². The van der Waals surface area contributed by atoms with Crippen molar-refractivity contribution < 1.29 is 9.53 Å². The first-order chi connectivity index (χ1) is 7.31. The molecule has 0 aliphatic heterocycles. The van der Waals surface area contributed by atoms with E-state index in [-0.39, 0.29) is 12.4 Å². The molecule has 0 aromatic carbocycles. The van der Waals surface area contributed by atoms with Crippen LogP contribution in [-0.4, -0.2) is 22.0 Å². The van der Waals surface area contributed by atoms with Crippen LogP contribution < -0.4 is 0 Å². The molecule has 0 bridgehead atoms. The van der Waals surface area contributed by atoms with Gasteiger partial charge in [0.2, 0.25) is 0 Å². The Labute approximate surface area is 87.5 Å². The molecule has 2 aromatic rings. The van der Waals surface area contributed by atoms with Gasteiger partial charge in [-0.25, -0.2) is 4.98 Å². The van der Waals surface area contributed by atoms with Crippen LogP contribution in [0, 0.1) is 0 Å². The maximum atomic E-state index is 11.3. The molecule has 0 aliphatic rings. The van der Waals surface area contributed by atoms with Gasteiger partial charge in [0.15, 0.2) is 0 Å². The fraction of sp³-hybridized carbons (Fsp3) is 0.273. The van der Waals surface area contributed by atoms with E-state index in [0.717, 1.165) is 11.2 Å². The van der Waals surface area contributed by atoms with Crippen molar-refractivity contribution in [2.75, 3.05) is 6.61 Å². The zero-order valence-electron chi connectivity index (χ0n) is 8.51. The summed E-state index contributed by atoms with van der Waals surface area (Å²) in [6, 6.07) is 5.75. The molecule has 0 unspecified atom stereocenters. The van der Waals surface area contributed by atoms with E-state index < -0.39 is 0 Å². The van der Waals surface area contributed by atoms with E-state index in [9.17, 15) is 4.79 Å². The third-order valence-electron chi connectivity index (χ3n) is 2.16. The number of nitrogens with zero attached hydrogens (tertiary/aromatic N) is 2. The molecule has 0 amide bonds. The van der Waals surface area contributed by atoms with Crippen molar-refractivity contribution in [2.24, 2.45) is 0 Å². The summed E-state index contributed by atoms with van der Waals surface area (Å²) in [5.41, 5.74) is 1.88. The van der Waals surface area contributed by atoms with Gasteiger partial charge in [0, 0.05) is 5.69 Å². The van der Waals surface area contributed by atoms with Gasteiger partial charge in [0.1, 0.15) is 0 Å². The second-order valence-electron chi connectivity index (χ2n) is 3.19. The van der Waals surface area contributed by atoms with Crippen molar-refractivity contribution in [3.8, 4) is 0 Å². The number of ether oxygens (including phenoxy) is 1. The molecular weight excluding hydrogens is 192 g/mol. The number of carbonyl (C=O) groups is 1. The molecule has 0 atom stereocenters. The predicted octanol–water partition coefficient (Wildman–Crippen LogP) is 1.44. The van der Waals surface area contributed by atoms with E-state index in [1.54, 1.807) is 19.4 Å². The van der Waals surface area contributed by atoms with E-state index in [0.29, 0.717) is 6.61 Å². The minimum absolute atomic E-state index is 0.210. The van der Waals surface area contributed by atoms with Crippen LogP contribution in [0.2, 0.25) is 0 Å². The smallest absolute Gasteiger partial charge is 0.311 e. The highest BCUT2D eigenvalue weighted by Gasteiger charge is 2.06. The lowest BCUT2D eigenvalue weighted by molar-refractivity contribution is -0.142. The van der Waals surface area contributed by atoms with Crippen molar-refractivity contribution in [3.05, 3.63) is 36.4 Å². The normalized spacial score (nSPS) is 10.5. The average Bonchev–Trinajstić information content (AvgIpc) is 2.67. The summed E-state index contributed by atoms with van der Waals surface area (Å²) in [4.78, 5) is 15.3. The van der Waals surface area contributed by atoms with Gasteiger partial charge in [0.05, 0.1) is 31.1 Å². The lowest BCUT2D eigenvalue weighted by atomic mass is 10.2. The zero-order chi connectivity index (χ0) is 10.7. The summed E-state index contributed by atoms with van der Waals surface area (Å²) < 4.78 is 6.78. The predicted molar refractivity (Wildman–Crippen MR) is 55.5 cm³/mol. The fourth-order valence-corrected chi connectivity index (χ4v) is 1.51. The Morgan fingerprint density at radius 3 is 3.20 bits per heavy atom. The van der Waals surface area contributed by atoms with Gasteiger partial charge in [-0.05, 0) is 19.1 Å². The van der Waals surface area contributed by atoms with Crippen LogP contribution in [0.3, 0.4) is 0 Å². The molecule has 0 spiro atoms. The topological polar surface area (TPSA) is 43.6 Å². The van der Waals surface area contributed by atoms with Crippen LogP contribution in [-0.2, 0) is 16.0 Å². The van der Waals surface area contributed by atoms with Gasteiger partial charge in [-0.15, -0.1) is 0 Å². The average molecular weight is 204 g/mol. The maximum absolute atomic E-state index is 11.3. The highest BCUT2D eigenvalue weighted by atomic mass is 16.5. The molecule has 2 heterocycles. The summed E-state index contributed by atoms with van der Waals surface area (Å²) in [5.74, 6) is -0.210. The molecule has 2 rings (SSSR count). The molecule has 0 aliphatic carbocycles. The molecule has 0 saturated heterocycles. The SMILES string of the molecule is CCOC(=O)Cc1cccc2cncn12. The third kappa shape index (κ3) is 1.98. The quantitative estimate of drug-likeness (QED) is 0.710. The summed E-state index contributed by atoms with van der Waals surface area (Å²) in [5, 5.41) is 0. The molecule has 0 radical (unpaired) electrons. The van der Waals surface area contributed by atoms with Crippen LogP contribution in [0.25, 0.3) is 5.52 Å². The van der Waals surface area contributed by atoms with Crippen molar-refractivity contribution >= 4 is 11.5 Å². The Hall–Kier alpha value is -1.84. The van der Waals surface area contributed by atoms with Gasteiger partial charge in [-0.2, -0.15) is 0 Å². The largest absolute Gasteiger partial charge is 0.466 e. The minimum atomic E-state index is -0.210. The molecule has 78 valence electrons. The monoisotopic (exact) mass is 204 g/mol. The molecule has 0 fully saturated rings. The highest BCUT2D eigenvalue weighted by molar-refractivity contribution is 5.72. The van der Waals surface area contributed by atoms with E-state index >= 15 is 0 Å². The van der Waals surface area contributed by atoms with Crippen LogP contribution in [0.15, 0.2) is 30.7 Å². The Kier molecular flexibility index (Phi) is 2.67. The number of esters is 1. The highest BCUT2D eigenvalue weighted by Crippen LogP contribution is 2.07. The maximum Gasteiger partial charge on any atom is 0.311 e. The van der Waals surface area contributed by atoms with Crippen LogP contribution >= 0.6 is 0 Å². The second-order valence-corrected chi connectivity index (χ2v) is 3.19. The number of rotatable bonds is 3. The summed E-state index contributed by atoms with van der Waals surface area (Å²) >= 11 is 0. The van der Waals surface area contributed by atoms with E-state index in [4.69, 9.17) is 4.74 Å². The number of hydrogen-bond donors (Lipinski definition) is 0. The first-order valence-corrected chi connectivity index (χ1v) is 4.87. The molecule has 0 saturated carbocycles. The Bertz CT molecular complexity index is 476. The number of imidazole rings is 1. The second kappa shape index (κ2) is 4.13. The lowest BCUT2D eigenvalue weighted by Gasteiger charge is -2.04. The number of hydrogen-bond acceptors (Lipinski definition) is 3. The standard InChI is InChI=1S/C11H12N2O2/c1-2-15-11(14)6-9-4-3-5-10-7-12-8-13(9)10/h3-5,7-8H,2,6H2,1H3. The number of carbonyl (C=O) groups excluding carboxylic acids is 1. The van der Waals surface area contributed by atoms with Gasteiger partial charge in [-0.1, -0.05) is 6.07 Å². The molecule has 2 aromatic heterocycles. The van der Waals surface area contributed by atoms with Crippen LogP contribution in [0.4, 0.5) is 0 Å². The van der Waals surface area contributed by atoms with E-state index in [2.05, 4.69) is 4.98 Å². The number of aromatic nitrogens is 2. The molecule has 0 N–H and O–H groups in total. The molecule has 4 heteroatoms. The van der Waals surface area contributed by atoms with Gasteiger partial charge >= 0.3 is 5.97 Å². The lowest BCUT2D eigenvalue weighted by Crippen LogP contribution is -2.10. The van der Waals surface area contributed by atoms with Gasteiger partial charge in [0.25, 0.3) is 0 Å². The molecular formula is C11H12N2O2. The van der Waals surface area contributed by atoms with Gasteiger partial charge in [-0.3, -0.25) is 4.79 Å². The molecule has 15 heavy (non-hydrogen) atoms. The summed E-state index contributed by atoms with van der Waals surface area (Å²) in [6.07, 6.45) is 3.74. The minimum Gasteiger partial charge on any atom is -0.466 e. The number of pyridine rings is 1. The van der Waals surface area contributed by atoms with E-state index in [1.807, 2.05) is 22.6 Å². The summed E-state index contributed by atoms with van der Waals surface area (Å²) in [7, 11) is 0. The summed E-state index contributed by atoms with van der Waals surface area (Å²) in [6.45, 7) is 2.22. The Morgan fingerprint density at radius 2 is 2.40 bits per heavy atom.